The molecule has 3 nitrogen and oxygen atoms in total. The average Bonchev–Trinajstić information content (AvgIpc) is 2.06. The Morgan fingerprint density at radius 3 is 2.75 bits per heavy atom. The van der Waals surface area contributed by atoms with Gasteiger partial charge in [0.1, 0.15) is 6.23 Å². The van der Waals surface area contributed by atoms with Crippen molar-refractivity contribution < 1.29 is 9.90 Å². The molecule has 2 unspecified atom stereocenters. The summed E-state index contributed by atoms with van der Waals surface area (Å²) in [6, 6.07) is 0. The van der Waals surface area contributed by atoms with E-state index in [1.165, 1.54) is 0 Å². The summed E-state index contributed by atoms with van der Waals surface area (Å²) in [6.07, 6.45) is 1.85. The Balaban J connectivity index is 2.63. The number of likely N-dealkylation sites (tertiary alicyclic amines) is 1. The van der Waals surface area contributed by atoms with Crippen LogP contribution in [0.5, 0.6) is 0 Å². The molecule has 0 aromatic rings. The summed E-state index contributed by atoms with van der Waals surface area (Å²) in [5, 5.41) is 9.70. The highest BCUT2D eigenvalue weighted by atomic mass is 16.3. The zero-order valence-corrected chi connectivity index (χ0v) is 7.79. The van der Waals surface area contributed by atoms with Gasteiger partial charge in [0.2, 0.25) is 5.91 Å². The van der Waals surface area contributed by atoms with Gasteiger partial charge in [-0.1, -0.05) is 6.92 Å². The number of aliphatic hydroxyl groups is 1. The van der Waals surface area contributed by atoms with Crippen LogP contribution in [0.4, 0.5) is 0 Å². The molecule has 1 aliphatic rings. The predicted octanol–water partition coefficient (Wildman–Crippen LogP) is 0.973. The lowest BCUT2D eigenvalue weighted by molar-refractivity contribution is -0.152. The van der Waals surface area contributed by atoms with E-state index in [1.54, 1.807) is 4.90 Å². The molecule has 1 aliphatic heterocycles. The summed E-state index contributed by atoms with van der Waals surface area (Å²) in [6.45, 7) is 4.58. The number of hydrogen-bond donors (Lipinski definition) is 1. The lowest BCUT2D eigenvalue weighted by Gasteiger charge is -2.36. The molecule has 1 rings (SSSR count). The summed E-state index contributed by atoms with van der Waals surface area (Å²) in [5.74, 6) is 0.373. The Morgan fingerprint density at radius 1 is 1.58 bits per heavy atom. The van der Waals surface area contributed by atoms with Gasteiger partial charge in [0.15, 0.2) is 0 Å². The largest absolute Gasteiger partial charge is 0.373 e. The molecule has 3 heteroatoms. The second-order valence-corrected chi connectivity index (χ2v) is 3.30. The third-order valence-corrected chi connectivity index (χ3v) is 2.66. The molecule has 0 aromatic carbocycles. The monoisotopic (exact) mass is 171 g/mol. The molecule has 12 heavy (non-hydrogen) atoms. The number of hydrogen-bond acceptors (Lipinski definition) is 2. The van der Waals surface area contributed by atoms with Crippen LogP contribution < -0.4 is 0 Å². The molecule has 0 radical (unpaired) electrons. The molecule has 0 aromatic heterocycles. The van der Waals surface area contributed by atoms with Crippen LogP contribution in [-0.2, 0) is 4.79 Å². The number of carbonyl (C=O) groups is 1. The molecule has 0 aliphatic carbocycles. The number of nitrogens with zero attached hydrogens (tertiary/aromatic N) is 1. The van der Waals surface area contributed by atoms with Gasteiger partial charge < -0.3 is 10.0 Å². The van der Waals surface area contributed by atoms with E-state index in [-0.39, 0.29) is 11.8 Å². The summed E-state index contributed by atoms with van der Waals surface area (Å²) in [7, 11) is 0. The van der Waals surface area contributed by atoms with Crippen molar-refractivity contribution in [3.8, 4) is 0 Å². The summed E-state index contributed by atoms with van der Waals surface area (Å²) < 4.78 is 0. The standard InChI is InChI=1S/C9H17NO2/c1-3-7-5-6-8(11)10(4-2)9(7)12/h7,9,12H,3-6H2,1-2H3. The topological polar surface area (TPSA) is 40.5 Å². The maximum Gasteiger partial charge on any atom is 0.224 e. The zero-order chi connectivity index (χ0) is 9.14. The summed E-state index contributed by atoms with van der Waals surface area (Å²) in [5.41, 5.74) is 0. The third kappa shape index (κ3) is 1.61. The molecule has 1 heterocycles. The smallest absolute Gasteiger partial charge is 0.224 e. The maximum absolute atomic E-state index is 11.3. The number of aliphatic hydroxyl groups excluding tert-OH is 1. The van der Waals surface area contributed by atoms with Crippen molar-refractivity contribution in [3.05, 3.63) is 0 Å². The Morgan fingerprint density at radius 2 is 2.25 bits per heavy atom. The fourth-order valence-electron chi connectivity index (χ4n) is 1.78. The second kappa shape index (κ2) is 3.90. The highest BCUT2D eigenvalue weighted by Gasteiger charge is 2.31. The van der Waals surface area contributed by atoms with E-state index in [1.807, 2.05) is 6.92 Å². The zero-order valence-electron chi connectivity index (χ0n) is 7.79. The second-order valence-electron chi connectivity index (χ2n) is 3.30. The van der Waals surface area contributed by atoms with E-state index in [4.69, 9.17) is 0 Å². The molecule has 0 saturated carbocycles. The molecule has 1 saturated heterocycles. The van der Waals surface area contributed by atoms with Gasteiger partial charge in [-0.3, -0.25) is 4.79 Å². The Hall–Kier alpha value is -0.570. The molecule has 70 valence electrons. The van der Waals surface area contributed by atoms with Gasteiger partial charge >= 0.3 is 0 Å². The van der Waals surface area contributed by atoms with Crippen molar-refractivity contribution in [1.82, 2.24) is 4.90 Å². The highest BCUT2D eigenvalue weighted by Crippen LogP contribution is 2.24. The van der Waals surface area contributed by atoms with Crippen LogP contribution in [-0.4, -0.2) is 28.7 Å². The first-order valence-electron chi connectivity index (χ1n) is 4.68. The number of rotatable bonds is 2. The molecule has 2 atom stereocenters. The van der Waals surface area contributed by atoms with Crippen LogP contribution in [0.2, 0.25) is 0 Å². The minimum Gasteiger partial charge on any atom is -0.373 e. The molecular formula is C9H17NO2. The van der Waals surface area contributed by atoms with E-state index in [9.17, 15) is 9.90 Å². The lowest BCUT2D eigenvalue weighted by atomic mass is 9.93. The Kier molecular flexibility index (Phi) is 3.09. The maximum atomic E-state index is 11.3. The van der Waals surface area contributed by atoms with Crippen LogP contribution >= 0.6 is 0 Å². The van der Waals surface area contributed by atoms with Gasteiger partial charge in [0, 0.05) is 18.9 Å². The van der Waals surface area contributed by atoms with E-state index >= 15 is 0 Å². The highest BCUT2D eigenvalue weighted by molar-refractivity contribution is 5.77. The molecular weight excluding hydrogens is 154 g/mol. The number of amides is 1. The SMILES string of the molecule is CCC1CCC(=O)N(CC)C1O. The average molecular weight is 171 g/mol. The fraction of sp³-hybridized carbons (Fsp3) is 0.889. The quantitative estimate of drug-likeness (QED) is 0.672. The first-order chi connectivity index (χ1) is 5.70. The van der Waals surface area contributed by atoms with Gasteiger partial charge in [-0.05, 0) is 19.8 Å². The van der Waals surface area contributed by atoms with E-state index in [0.717, 1.165) is 12.8 Å². The fourth-order valence-corrected chi connectivity index (χ4v) is 1.78. The van der Waals surface area contributed by atoms with Crippen molar-refractivity contribution in [2.75, 3.05) is 6.54 Å². The van der Waals surface area contributed by atoms with Crippen molar-refractivity contribution in [2.45, 2.75) is 39.3 Å². The van der Waals surface area contributed by atoms with Crippen molar-refractivity contribution in [2.24, 2.45) is 5.92 Å². The molecule has 1 fully saturated rings. The number of carbonyl (C=O) groups excluding carboxylic acids is 1. The minimum absolute atomic E-state index is 0.0923. The van der Waals surface area contributed by atoms with Gasteiger partial charge in [0.05, 0.1) is 0 Å². The van der Waals surface area contributed by atoms with Crippen LogP contribution in [0.1, 0.15) is 33.1 Å². The van der Waals surface area contributed by atoms with Crippen molar-refractivity contribution >= 4 is 5.91 Å². The van der Waals surface area contributed by atoms with E-state index < -0.39 is 6.23 Å². The van der Waals surface area contributed by atoms with Crippen molar-refractivity contribution in [1.29, 1.82) is 0 Å². The van der Waals surface area contributed by atoms with Crippen LogP contribution in [0.25, 0.3) is 0 Å². The predicted molar refractivity (Wildman–Crippen MR) is 46.4 cm³/mol. The van der Waals surface area contributed by atoms with Crippen LogP contribution in [0.15, 0.2) is 0 Å². The van der Waals surface area contributed by atoms with Crippen LogP contribution in [0.3, 0.4) is 0 Å². The minimum atomic E-state index is -0.541. The van der Waals surface area contributed by atoms with Crippen molar-refractivity contribution in [3.63, 3.8) is 0 Å². The Bertz CT molecular complexity index is 170. The molecule has 1 amide bonds. The normalized spacial score (nSPS) is 30.9. The molecule has 0 bridgehead atoms. The summed E-state index contributed by atoms with van der Waals surface area (Å²) >= 11 is 0. The van der Waals surface area contributed by atoms with Crippen LogP contribution in [0, 0.1) is 5.92 Å². The summed E-state index contributed by atoms with van der Waals surface area (Å²) in [4.78, 5) is 12.8. The van der Waals surface area contributed by atoms with Gasteiger partial charge in [-0.25, -0.2) is 0 Å². The van der Waals surface area contributed by atoms with Gasteiger partial charge in [-0.2, -0.15) is 0 Å². The third-order valence-electron chi connectivity index (χ3n) is 2.66. The lowest BCUT2D eigenvalue weighted by Crippen LogP contribution is -2.48. The first kappa shape index (κ1) is 9.52. The Labute approximate surface area is 73.4 Å². The molecule has 1 N–H and O–H groups in total. The van der Waals surface area contributed by atoms with Gasteiger partial charge in [0.25, 0.3) is 0 Å². The van der Waals surface area contributed by atoms with E-state index in [0.29, 0.717) is 13.0 Å². The number of piperidine rings is 1. The molecule has 0 spiro atoms. The van der Waals surface area contributed by atoms with Gasteiger partial charge in [-0.15, -0.1) is 0 Å². The first-order valence-corrected chi connectivity index (χ1v) is 4.68. The van der Waals surface area contributed by atoms with E-state index in [2.05, 4.69) is 6.92 Å².